The van der Waals surface area contributed by atoms with E-state index in [1.54, 1.807) is 31.2 Å². The van der Waals surface area contributed by atoms with E-state index in [-0.39, 0.29) is 26.9 Å². The van der Waals surface area contributed by atoms with Crippen LogP contribution in [0.25, 0.3) is 11.3 Å². The standard InChI is InChI=1S/C19H14Cl2O5S/c1-11-9-17(22)19(26-13-5-8-15(20)16(21)10-13)18(25-11)12-3-6-14(7-4-12)27(2,23)24/h3-10H,1-2H3. The fourth-order valence-electron chi connectivity index (χ4n) is 2.40. The molecule has 0 fully saturated rings. The summed E-state index contributed by atoms with van der Waals surface area (Å²) < 4.78 is 34.7. The second kappa shape index (κ2) is 7.38. The van der Waals surface area contributed by atoms with Gasteiger partial charge >= 0.3 is 0 Å². The summed E-state index contributed by atoms with van der Waals surface area (Å²) in [4.78, 5) is 12.6. The van der Waals surface area contributed by atoms with Crippen LogP contribution in [0.5, 0.6) is 11.5 Å². The minimum Gasteiger partial charge on any atom is -0.457 e. The Hall–Kier alpha value is -2.28. The van der Waals surface area contributed by atoms with Gasteiger partial charge in [0.15, 0.2) is 15.6 Å². The van der Waals surface area contributed by atoms with E-state index in [0.717, 1.165) is 6.26 Å². The number of hydrogen-bond donors (Lipinski definition) is 0. The molecule has 2 aromatic carbocycles. The van der Waals surface area contributed by atoms with E-state index >= 15 is 0 Å². The molecule has 0 bridgehead atoms. The summed E-state index contributed by atoms with van der Waals surface area (Å²) >= 11 is 11.9. The van der Waals surface area contributed by atoms with Crippen LogP contribution in [-0.4, -0.2) is 14.7 Å². The zero-order chi connectivity index (χ0) is 19.8. The van der Waals surface area contributed by atoms with E-state index in [1.807, 2.05) is 0 Å². The lowest BCUT2D eigenvalue weighted by molar-refractivity contribution is 0.438. The third-order valence-corrected chi connectivity index (χ3v) is 5.55. The van der Waals surface area contributed by atoms with Gasteiger partial charge in [0.1, 0.15) is 11.5 Å². The van der Waals surface area contributed by atoms with Crippen molar-refractivity contribution in [1.82, 2.24) is 0 Å². The molecule has 0 N–H and O–H groups in total. The molecular weight excluding hydrogens is 411 g/mol. The maximum Gasteiger partial charge on any atom is 0.228 e. The Morgan fingerprint density at radius 3 is 2.22 bits per heavy atom. The zero-order valence-electron chi connectivity index (χ0n) is 14.3. The quantitative estimate of drug-likeness (QED) is 0.580. The van der Waals surface area contributed by atoms with Crippen molar-refractivity contribution in [3.8, 4) is 22.8 Å². The van der Waals surface area contributed by atoms with Crippen LogP contribution in [0.2, 0.25) is 10.0 Å². The lowest BCUT2D eigenvalue weighted by Crippen LogP contribution is -2.06. The van der Waals surface area contributed by atoms with Gasteiger partial charge in [-0.1, -0.05) is 23.2 Å². The van der Waals surface area contributed by atoms with E-state index < -0.39 is 9.84 Å². The number of sulfone groups is 1. The predicted octanol–water partition coefficient (Wildman–Crippen LogP) is 5.12. The third-order valence-electron chi connectivity index (χ3n) is 3.68. The Labute approximate surface area is 166 Å². The Kier molecular flexibility index (Phi) is 5.33. The van der Waals surface area contributed by atoms with Gasteiger partial charge < -0.3 is 9.15 Å². The molecule has 140 valence electrons. The largest absolute Gasteiger partial charge is 0.457 e. The fraction of sp³-hybridized carbons (Fsp3) is 0.105. The Balaban J connectivity index is 2.10. The lowest BCUT2D eigenvalue weighted by Gasteiger charge is -2.11. The lowest BCUT2D eigenvalue weighted by atomic mass is 10.1. The van der Waals surface area contributed by atoms with Crippen LogP contribution in [0.1, 0.15) is 5.76 Å². The molecule has 3 rings (SSSR count). The topological polar surface area (TPSA) is 73.6 Å². The SMILES string of the molecule is Cc1cc(=O)c(Oc2ccc(Cl)c(Cl)c2)c(-c2ccc(S(C)(=O)=O)cc2)o1. The molecule has 0 aliphatic rings. The van der Waals surface area contributed by atoms with Crippen molar-refractivity contribution in [1.29, 1.82) is 0 Å². The molecule has 1 heterocycles. The van der Waals surface area contributed by atoms with Crippen molar-refractivity contribution in [3.05, 3.63) is 74.6 Å². The van der Waals surface area contributed by atoms with Crippen LogP contribution in [0, 0.1) is 6.92 Å². The highest BCUT2D eigenvalue weighted by Crippen LogP contribution is 2.34. The zero-order valence-corrected chi connectivity index (χ0v) is 16.7. The maximum absolute atomic E-state index is 12.5. The van der Waals surface area contributed by atoms with Crippen LogP contribution >= 0.6 is 23.2 Å². The molecule has 0 aliphatic heterocycles. The van der Waals surface area contributed by atoms with Gasteiger partial charge in [0.2, 0.25) is 11.2 Å². The molecule has 1 aromatic heterocycles. The number of benzene rings is 2. The molecule has 27 heavy (non-hydrogen) atoms. The summed E-state index contributed by atoms with van der Waals surface area (Å²) in [5, 5.41) is 0.640. The summed E-state index contributed by atoms with van der Waals surface area (Å²) in [5.41, 5.74) is 0.116. The molecule has 0 unspecified atom stereocenters. The third kappa shape index (κ3) is 4.35. The van der Waals surface area contributed by atoms with Gasteiger partial charge in [-0.2, -0.15) is 0 Å². The monoisotopic (exact) mass is 424 g/mol. The minimum atomic E-state index is -3.34. The number of halogens is 2. The van der Waals surface area contributed by atoms with Crippen LogP contribution in [0.4, 0.5) is 0 Å². The fourth-order valence-corrected chi connectivity index (χ4v) is 3.32. The normalized spacial score (nSPS) is 11.4. The minimum absolute atomic E-state index is 0.0360. The van der Waals surface area contributed by atoms with Gasteiger partial charge in [-0.3, -0.25) is 4.79 Å². The van der Waals surface area contributed by atoms with Crippen molar-refractivity contribution in [2.75, 3.05) is 6.26 Å². The first kappa shape index (κ1) is 19.5. The number of ether oxygens (including phenoxy) is 1. The summed E-state index contributed by atoms with van der Waals surface area (Å²) in [6.45, 7) is 1.64. The van der Waals surface area contributed by atoms with Crippen LogP contribution < -0.4 is 10.2 Å². The number of rotatable bonds is 4. The average molecular weight is 425 g/mol. The van der Waals surface area contributed by atoms with Gasteiger partial charge in [0.25, 0.3) is 0 Å². The number of aryl methyl sites for hydroxylation is 1. The molecule has 0 saturated carbocycles. The molecule has 0 radical (unpaired) electrons. The Morgan fingerprint density at radius 2 is 1.63 bits per heavy atom. The van der Waals surface area contributed by atoms with Crippen molar-refractivity contribution in [2.24, 2.45) is 0 Å². The second-order valence-corrected chi connectivity index (χ2v) is 8.68. The molecule has 0 aliphatic carbocycles. The van der Waals surface area contributed by atoms with Crippen molar-refractivity contribution in [3.63, 3.8) is 0 Å². The molecular formula is C19H14Cl2O5S. The highest BCUT2D eigenvalue weighted by atomic mass is 35.5. The van der Waals surface area contributed by atoms with Crippen LogP contribution in [0.3, 0.4) is 0 Å². The van der Waals surface area contributed by atoms with E-state index in [9.17, 15) is 13.2 Å². The molecule has 0 spiro atoms. The van der Waals surface area contributed by atoms with E-state index in [2.05, 4.69) is 0 Å². The first-order chi connectivity index (χ1) is 12.6. The van der Waals surface area contributed by atoms with Gasteiger partial charge in [-0.25, -0.2) is 8.42 Å². The van der Waals surface area contributed by atoms with Crippen molar-refractivity contribution >= 4 is 33.0 Å². The van der Waals surface area contributed by atoms with Crippen molar-refractivity contribution in [2.45, 2.75) is 11.8 Å². The van der Waals surface area contributed by atoms with Gasteiger partial charge in [-0.15, -0.1) is 0 Å². The highest BCUT2D eigenvalue weighted by Gasteiger charge is 2.17. The molecule has 0 saturated heterocycles. The van der Waals surface area contributed by atoms with E-state index in [1.165, 1.54) is 24.3 Å². The predicted molar refractivity (Wildman–Crippen MR) is 105 cm³/mol. The van der Waals surface area contributed by atoms with E-state index in [0.29, 0.717) is 22.1 Å². The molecule has 0 atom stereocenters. The van der Waals surface area contributed by atoms with E-state index in [4.69, 9.17) is 32.4 Å². The molecule has 0 amide bonds. The van der Waals surface area contributed by atoms with Crippen LogP contribution in [-0.2, 0) is 9.84 Å². The second-order valence-electron chi connectivity index (χ2n) is 5.85. The van der Waals surface area contributed by atoms with Gasteiger partial charge in [-0.05, 0) is 43.3 Å². The van der Waals surface area contributed by atoms with Gasteiger partial charge in [0, 0.05) is 24.0 Å². The molecule has 8 heteroatoms. The summed E-state index contributed by atoms with van der Waals surface area (Å²) in [6, 6.07) is 11.9. The van der Waals surface area contributed by atoms with Gasteiger partial charge in [0.05, 0.1) is 14.9 Å². The summed E-state index contributed by atoms with van der Waals surface area (Å²) in [7, 11) is -3.34. The first-order valence-corrected chi connectivity index (χ1v) is 10.4. The average Bonchev–Trinajstić information content (AvgIpc) is 2.59. The Bertz CT molecular complexity index is 1170. The molecule has 5 nitrogen and oxygen atoms in total. The molecule has 3 aromatic rings. The van der Waals surface area contributed by atoms with Crippen molar-refractivity contribution < 1.29 is 17.6 Å². The van der Waals surface area contributed by atoms with Crippen LogP contribution in [0.15, 0.2) is 62.6 Å². The maximum atomic E-state index is 12.5. The highest BCUT2D eigenvalue weighted by molar-refractivity contribution is 7.90. The first-order valence-electron chi connectivity index (χ1n) is 7.73. The smallest absolute Gasteiger partial charge is 0.228 e. The Morgan fingerprint density at radius 1 is 0.963 bits per heavy atom. The number of hydrogen-bond acceptors (Lipinski definition) is 5. The summed E-state index contributed by atoms with van der Waals surface area (Å²) in [6.07, 6.45) is 1.12. The summed E-state index contributed by atoms with van der Waals surface area (Å²) in [5.74, 6) is 0.857.